The summed E-state index contributed by atoms with van der Waals surface area (Å²) in [5, 5.41) is 3.08. The molecule has 2 fully saturated rings. The molecule has 2 aliphatic rings. The fraction of sp³-hybridized carbons (Fsp3) is 0.552. The van der Waals surface area contributed by atoms with Crippen LogP contribution >= 0.6 is 15.9 Å². The lowest BCUT2D eigenvalue weighted by atomic mass is 9.73. The fourth-order valence-electron chi connectivity index (χ4n) is 5.28. The molecule has 0 bridgehead atoms. The first-order valence-corrected chi connectivity index (χ1v) is 14.0. The third-order valence-corrected chi connectivity index (χ3v) is 7.91. The highest BCUT2D eigenvalue weighted by Gasteiger charge is 2.50. The maximum Gasteiger partial charge on any atom is 0.407 e. The van der Waals surface area contributed by atoms with E-state index >= 15 is 0 Å². The number of benzene rings is 1. The number of nitrogens with zero attached hydrogens (tertiary/aromatic N) is 2. The van der Waals surface area contributed by atoms with Gasteiger partial charge in [-0.2, -0.15) is 0 Å². The molecule has 0 aliphatic carbocycles. The van der Waals surface area contributed by atoms with Crippen LogP contribution in [0.3, 0.4) is 0 Å². The number of ketones is 1. The molecule has 1 spiro atoms. The number of Topliss-reactive ketones (excluding diaryl/α,β-unsaturated/α-hetero) is 1. The number of nitrogens with one attached hydrogen (secondary N) is 1. The van der Waals surface area contributed by atoms with Crippen LogP contribution < -0.4 is 19.7 Å². The number of rotatable bonds is 7. The van der Waals surface area contributed by atoms with E-state index in [1.807, 2.05) is 58.0 Å². The Bertz CT molecular complexity index is 1190. The molecule has 2 atom stereocenters. The number of anilines is 1. The van der Waals surface area contributed by atoms with Crippen LogP contribution in [0.4, 0.5) is 10.5 Å². The Hall–Kier alpha value is -2.85. The van der Waals surface area contributed by atoms with Gasteiger partial charge in [0.15, 0.2) is 11.5 Å². The maximum absolute atomic E-state index is 12.6. The molecule has 0 radical (unpaired) electrons. The molecule has 39 heavy (non-hydrogen) atoms. The Labute approximate surface area is 238 Å². The minimum atomic E-state index is -0.575. The third kappa shape index (κ3) is 6.84. The maximum atomic E-state index is 12.6. The van der Waals surface area contributed by atoms with Crippen LogP contribution in [0.25, 0.3) is 0 Å². The largest absolute Gasteiger partial charge is 0.497 e. The Morgan fingerprint density at radius 2 is 1.87 bits per heavy atom. The Balaban J connectivity index is 1.49. The number of alkyl carbamates (subject to hydrolysis) is 1. The van der Waals surface area contributed by atoms with Crippen molar-refractivity contribution in [2.45, 2.75) is 71.8 Å². The number of piperidine rings is 1. The number of carbonyl (C=O) groups excluding carboxylic acids is 2. The van der Waals surface area contributed by atoms with E-state index < -0.39 is 11.7 Å². The van der Waals surface area contributed by atoms with Gasteiger partial charge in [-0.3, -0.25) is 4.79 Å². The van der Waals surface area contributed by atoms with Crippen LogP contribution in [0.5, 0.6) is 11.5 Å². The molecule has 1 N–H and O–H groups in total. The van der Waals surface area contributed by atoms with Gasteiger partial charge in [-0.1, -0.05) is 12.1 Å². The number of halogens is 1. The van der Waals surface area contributed by atoms with Gasteiger partial charge < -0.3 is 29.2 Å². The van der Waals surface area contributed by atoms with Crippen molar-refractivity contribution in [1.29, 1.82) is 0 Å². The summed E-state index contributed by atoms with van der Waals surface area (Å²) in [5.74, 6) is 1.23. The monoisotopic (exact) mass is 603 g/mol. The lowest BCUT2D eigenvalue weighted by Gasteiger charge is -2.43. The van der Waals surface area contributed by atoms with Crippen LogP contribution in [0, 0.1) is 5.41 Å². The van der Waals surface area contributed by atoms with Gasteiger partial charge in [-0.15, -0.1) is 0 Å². The average molecular weight is 605 g/mol. The number of amides is 1. The highest BCUT2D eigenvalue weighted by Crippen LogP contribution is 2.44. The SMILES string of the molecule is COc1ccc(COc2cc(N3CCC4(CC3)CO[C@@H](C)[C@H]4NC(=O)OC(C)(C)C)c(C(C)=O)nc2Br)cc1. The van der Waals surface area contributed by atoms with E-state index in [1.54, 1.807) is 7.11 Å². The molecule has 0 unspecified atom stereocenters. The van der Waals surface area contributed by atoms with Gasteiger partial charge in [0.05, 0.1) is 31.5 Å². The van der Waals surface area contributed by atoms with Crippen molar-refractivity contribution < 1.29 is 28.5 Å². The van der Waals surface area contributed by atoms with Crippen LogP contribution in [-0.4, -0.2) is 61.4 Å². The van der Waals surface area contributed by atoms with E-state index in [9.17, 15) is 9.59 Å². The standard InChI is InChI=1S/C29H38BrN3O6/c1-18(34)24-22(15-23(26(30)31-24)37-16-20-7-9-21(36-6)10-8-20)33-13-11-29(12-14-33)17-38-19(2)25(29)32-27(35)39-28(3,4)5/h7-10,15,19,25H,11-14,16-17H2,1-6H3,(H,32,35)/t19-,25+/m0/s1. The molecule has 3 heterocycles. The number of pyridine rings is 1. The number of hydrogen-bond acceptors (Lipinski definition) is 8. The molecule has 1 aromatic carbocycles. The van der Waals surface area contributed by atoms with Crippen LogP contribution in [0.2, 0.25) is 0 Å². The molecule has 212 valence electrons. The summed E-state index contributed by atoms with van der Waals surface area (Å²) in [6.07, 6.45) is 1.02. The first kappa shape index (κ1) is 29.1. The van der Waals surface area contributed by atoms with Gasteiger partial charge in [0, 0.05) is 31.5 Å². The lowest BCUT2D eigenvalue weighted by molar-refractivity contribution is 0.0434. The van der Waals surface area contributed by atoms with Crippen molar-refractivity contribution in [1.82, 2.24) is 10.3 Å². The average Bonchev–Trinajstić information content (AvgIpc) is 3.17. The Kier molecular flexibility index (Phi) is 8.75. The Morgan fingerprint density at radius 3 is 2.46 bits per heavy atom. The zero-order valence-electron chi connectivity index (χ0n) is 23.5. The molecule has 1 aromatic heterocycles. The molecule has 2 aliphatic heterocycles. The first-order valence-electron chi connectivity index (χ1n) is 13.2. The molecule has 2 aromatic rings. The fourth-order valence-corrected chi connectivity index (χ4v) is 5.69. The summed E-state index contributed by atoms with van der Waals surface area (Å²) in [6, 6.07) is 9.40. The van der Waals surface area contributed by atoms with E-state index in [0.717, 1.165) is 29.8 Å². The molecule has 9 nitrogen and oxygen atoms in total. The van der Waals surface area contributed by atoms with Gasteiger partial charge in [0.2, 0.25) is 0 Å². The van der Waals surface area contributed by atoms with Gasteiger partial charge in [0.25, 0.3) is 0 Å². The predicted octanol–water partition coefficient (Wildman–Crippen LogP) is 5.53. The first-order chi connectivity index (χ1) is 18.4. The van der Waals surface area contributed by atoms with E-state index in [-0.39, 0.29) is 23.3 Å². The summed E-state index contributed by atoms with van der Waals surface area (Å²) < 4.78 is 23.4. The Morgan fingerprint density at radius 1 is 1.21 bits per heavy atom. The summed E-state index contributed by atoms with van der Waals surface area (Å²) in [6.45, 7) is 11.3. The van der Waals surface area contributed by atoms with E-state index in [2.05, 4.69) is 31.1 Å². The van der Waals surface area contributed by atoms with E-state index in [0.29, 0.717) is 42.3 Å². The van der Waals surface area contributed by atoms with Crippen molar-refractivity contribution in [3.63, 3.8) is 0 Å². The minimum Gasteiger partial charge on any atom is -0.497 e. The third-order valence-electron chi connectivity index (χ3n) is 7.35. The second-order valence-electron chi connectivity index (χ2n) is 11.3. The summed E-state index contributed by atoms with van der Waals surface area (Å²) in [4.78, 5) is 31.9. The number of ether oxygens (including phenoxy) is 4. The van der Waals surface area contributed by atoms with Crippen molar-refractivity contribution in [3.05, 3.63) is 46.2 Å². The molecule has 4 rings (SSSR count). The molecular formula is C29H38BrN3O6. The van der Waals surface area contributed by atoms with Crippen LogP contribution in [0.15, 0.2) is 34.9 Å². The number of aromatic nitrogens is 1. The molecule has 2 saturated heterocycles. The van der Waals surface area contributed by atoms with E-state index in [1.165, 1.54) is 6.92 Å². The minimum absolute atomic E-state index is 0.116. The smallest absolute Gasteiger partial charge is 0.407 e. The van der Waals surface area contributed by atoms with E-state index in [4.69, 9.17) is 18.9 Å². The highest BCUT2D eigenvalue weighted by molar-refractivity contribution is 9.10. The molecule has 10 heteroatoms. The summed E-state index contributed by atoms with van der Waals surface area (Å²) >= 11 is 3.48. The quantitative estimate of drug-likeness (QED) is 0.325. The molecular weight excluding hydrogens is 566 g/mol. The van der Waals surface area contributed by atoms with Gasteiger partial charge in [-0.05, 0) is 74.2 Å². The molecule has 1 amide bonds. The van der Waals surface area contributed by atoms with Gasteiger partial charge in [-0.25, -0.2) is 9.78 Å². The lowest BCUT2D eigenvalue weighted by Crippen LogP contribution is -2.55. The zero-order valence-corrected chi connectivity index (χ0v) is 25.1. The van der Waals surface area contributed by atoms with Crippen molar-refractivity contribution in [2.24, 2.45) is 5.41 Å². The number of methoxy groups -OCH3 is 1. The molecule has 0 saturated carbocycles. The van der Waals surface area contributed by atoms with Crippen LogP contribution in [0.1, 0.15) is 63.5 Å². The van der Waals surface area contributed by atoms with Crippen LogP contribution in [-0.2, 0) is 16.1 Å². The number of hydrogen-bond donors (Lipinski definition) is 1. The summed E-state index contributed by atoms with van der Waals surface area (Å²) in [7, 11) is 1.63. The highest BCUT2D eigenvalue weighted by atomic mass is 79.9. The second kappa shape index (κ2) is 11.7. The second-order valence-corrected chi connectivity index (χ2v) is 12.1. The van der Waals surface area contributed by atoms with Gasteiger partial charge in [0.1, 0.15) is 28.3 Å². The topological polar surface area (TPSA) is 99.2 Å². The normalized spacial score (nSPS) is 20.5. The van der Waals surface area contributed by atoms with Crippen molar-refractivity contribution in [3.8, 4) is 11.5 Å². The van der Waals surface area contributed by atoms with Crippen molar-refractivity contribution in [2.75, 3.05) is 31.7 Å². The predicted molar refractivity (Wildman–Crippen MR) is 152 cm³/mol. The van der Waals surface area contributed by atoms with Crippen molar-refractivity contribution >= 4 is 33.5 Å². The summed E-state index contributed by atoms with van der Waals surface area (Å²) in [5.41, 5.74) is 1.34. The number of carbonyl (C=O) groups is 2. The zero-order chi connectivity index (χ0) is 28.4. The van der Waals surface area contributed by atoms with Gasteiger partial charge >= 0.3 is 6.09 Å².